The van der Waals surface area contributed by atoms with Crippen molar-refractivity contribution in [2.24, 2.45) is 0 Å². The van der Waals surface area contributed by atoms with Crippen LogP contribution in [0.1, 0.15) is 12.8 Å². The van der Waals surface area contributed by atoms with E-state index in [2.05, 4.69) is 0 Å². The van der Waals surface area contributed by atoms with Crippen molar-refractivity contribution in [3.8, 4) is 0 Å². The number of para-hydroxylation sites is 2. The van der Waals surface area contributed by atoms with Crippen LogP contribution in [-0.4, -0.2) is 46.8 Å². The molecule has 1 amide bonds. The lowest BCUT2D eigenvalue weighted by molar-refractivity contribution is -0.135. The molecule has 2 fully saturated rings. The first kappa shape index (κ1) is 14.8. The zero-order valence-corrected chi connectivity index (χ0v) is 12.9. The highest BCUT2D eigenvalue weighted by Gasteiger charge is 2.45. The fourth-order valence-electron chi connectivity index (χ4n) is 3.24. The second-order valence-corrected chi connectivity index (χ2v) is 6.13. The molecule has 4 rings (SSSR count). The summed E-state index contributed by atoms with van der Waals surface area (Å²) in [6, 6.07) is 6.99. The number of carbonyl (C=O) groups excluding carboxylic acids is 2. The van der Waals surface area contributed by atoms with Gasteiger partial charge in [0.25, 0.3) is 0 Å². The first-order valence-electron chi connectivity index (χ1n) is 7.78. The third-order valence-corrected chi connectivity index (χ3v) is 4.65. The molecule has 24 heavy (non-hydrogen) atoms. The van der Waals surface area contributed by atoms with Gasteiger partial charge in [-0.1, -0.05) is 12.1 Å². The molecule has 1 spiro atoms. The number of likely N-dealkylation sites (tertiary alicyclic amines) is 1. The minimum atomic E-state index is -0.647. The Morgan fingerprint density at radius 1 is 1.17 bits per heavy atom. The van der Waals surface area contributed by atoms with Gasteiger partial charge in [0.15, 0.2) is 11.2 Å². The van der Waals surface area contributed by atoms with Gasteiger partial charge >= 0.3 is 11.9 Å². The zero-order chi connectivity index (χ0) is 16.7. The summed E-state index contributed by atoms with van der Waals surface area (Å²) >= 11 is 0. The summed E-state index contributed by atoms with van der Waals surface area (Å²) in [6.07, 6.45) is 0.419. The SMILES string of the molecule is O=C1OCC2(CCN(C(=O)Cn3c(=O)oc4ccccc43)CC2)O1. The summed E-state index contributed by atoms with van der Waals surface area (Å²) in [7, 11) is 0. The number of nitrogens with zero attached hydrogens (tertiary/aromatic N) is 2. The Morgan fingerprint density at radius 3 is 2.62 bits per heavy atom. The Balaban J connectivity index is 1.46. The van der Waals surface area contributed by atoms with Crippen molar-refractivity contribution >= 4 is 23.2 Å². The van der Waals surface area contributed by atoms with Gasteiger partial charge in [0, 0.05) is 25.9 Å². The predicted octanol–water partition coefficient (Wildman–Crippen LogP) is 1.12. The summed E-state index contributed by atoms with van der Waals surface area (Å²) < 4.78 is 16.6. The first-order chi connectivity index (χ1) is 11.6. The van der Waals surface area contributed by atoms with Crippen LogP contribution in [0.5, 0.6) is 0 Å². The molecule has 126 valence electrons. The highest BCUT2D eigenvalue weighted by Crippen LogP contribution is 2.31. The molecule has 2 aliphatic rings. The van der Waals surface area contributed by atoms with E-state index in [1.54, 1.807) is 29.2 Å². The molecular weight excluding hydrogens is 316 g/mol. The molecule has 2 saturated heterocycles. The number of hydrogen-bond acceptors (Lipinski definition) is 6. The quantitative estimate of drug-likeness (QED) is 0.766. The van der Waals surface area contributed by atoms with E-state index < -0.39 is 17.5 Å². The maximum Gasteiger partial charge on any atom is 0.509 e. The second-order valence-electron chi connectivity index (χ2n) is 6.13. The number of rotatable bonds is 2. The van der Waals surface area contributed by atoms with Gasteiger partial charge in [-0.2, -0.15) is 0 Å². The van der Waals surface area contributed by atoms with Crippen molar-refractivity contribution in [2.45, 2.75) is 25.0 Å². The molecule has 0 bridgehead atoms. The molecule has 0 unspecified atom stereocenters. The Kier molecular flexibility index (Phi) is 3.33. The number of ether oxygens (including phenoxy) is 2. The lowest BCUT2D eigenvalue weighted by Crippen LogP contribution is -2.49. The fourth-order valence-corrected chi connectivity index (χ4v) is 3.24. The van der Waals surface area contributed by atoms with Crippen molar-refractivity contribution in [1.82, 2.24) is 9.47 Å². The summed E-state index contributed by atoms with van der Waals surface area (Å²) in [5.41, 5.74) is 0.456. The lowest BCUT2D eigenvalue weighted by atomic mass is 9.92. The smallest absolute Gasteiger partial charge is 0.430 e. The van der Waals surface area contributed by atoms with E-state index in [9.17, 15) is 14.4 Å². The largest absolute Gasteiger partial charge is 0.509 e. The predicted molar refractivity (Wildman–Crippen MR) is 81.5 cm³/mol. The van der Waals surface area contributed by atoms with Crippen LogP contribution in [0.3, 0.4) is 0 Å². The number of hydrogen-bond donors (Lipinski definition) is 0. The first-order valence-corrected chi connectivity index (χ1v) is 7.78. The van der Waals surface area contributed by atoms with Gasteiger partial charge in [0.2, 0.25) is 5.91 Å². The van der Waals surface area contributed by atoms with Crippen LogP contribution in [0.2, 0.25) is 0 Å². The fraction of sp³-hybridized carbons (Fsp3) is 0.438. The topological polar surface area (TPSA) is 91.0 Å². The molecule has 2 aliphatic heterocycles. The van der Waals surface area contributed by atoms with Crippen molar-refractivity contribution < 1.29 is 23.5 Å². The Bertz CT molecular complexity index is 859. The van der Waals surface area contributed by atoms with Crippen LogP contribution in [0.15, 0.2) is 33.5 Å². The molecule has 0 aliphatic carbocycles. The number of piperidine rings is 1. The second kappa shape index (κ2) is 5.40. The molecule has 0 saturated carbocycles. The molecule has 3 heterocycles. The maximum absolute atomic E-state index is 12.5. The number of amides is 1. The standard InChI is InChI=1S/C16H16N2O6/c19-13(9-18-11-3-1-2-4-12(11)23-14(18)20)17-7-5-16(6-8-17)10-22-15(21)24-16/h1-4H,5-10H2. The third kappa shape index (κ3) is 2.44. The molecule has 8 nitrogen and oxygen atoms in total. The Morgan fingerprint density at radius 2 is 1.92 bits per heavy atom. The number of aromatic nitrogens is 1. The minimum absolute atomic E-state index is 0.0703. The molecule has 2 aromatic rings. The van der Waals surface area contributed by atoms with Gasteiger partial charge in [-0.3, -0.25) is 9.36 Å². The normalized spacial score (nSPS) is 19.5. The highest BCUT2D eigenvalue weighted by atomic mass is 16.8. The van der Waals surface area contributed by atoms with E-state index in [-0.39, 0.29) is 19.1 Å². The number of oxazole rings is 1. The molecule has 0 atom stereocenters. The average molecular weight is 332 g/mol. The minimum Gasteiger partial charge on any atom is -0.430 e. The van der Waals surface area contributed by atoms with Crippen LogP contribution < -0.4 is 5.76 Å². The summed E-state index contributed by atoms with van der Waals surface area (Å²) in [5, 5.41) is 0. The third-order valence-electron chi connectivity index (χ3n) is 4.65. The molecule has 1 aromatic heterocycles. The van der Waals surface area contributed by atoms with Gasteiger partial charge < -0.3 is 18.8 Å². The van der Waals surface area contributed by atoms with Gasteiger partial charge in [-0.05, 0) is 12.1 Å². The molecule has 0 N–H and O–H groups in total. The van der Waals surface area contributed by atoms with Gasteiger partial charge in [0.05, 0.1) is 5.52 Å². The highest BCUT2D eigenvalue weighted by molar-refractivity contribution is 5.79. The van der Waals surface area contributed by atoms with E-state index in [0.29, 0.717) is 37.0 Å². The zero-order valence-electron chi connectivity index (χ0n) is 12.9. The molecule has 1 aromatic carbocycles. The lowest BCUT2D eigenvalue weighted by Gasteiger charge is -2.36. The van der Waals surface area contributed by atoms with Gasteiger partial charge in [0.1, 0.15) is 13.2 Å². The van der Waals surface area contributed by atoms with Crippen molar-refractivity contribution in [3.63, 3.8) is 0 Å². The number of benzene rings is 1. The van der Waals surface area contributed by atoms with Crippen LogP contribution >= 0.6 is 0 Å². The Hall–Kier alpha value is -2.77. The molecule has 8 heteroatoms. The van der Waals surface area contributed by atoms with Crippen molar-refractivity contribution in [2.75, 3.05) is 19.7 Å². The number of carbonyl (C=O) groups is 2. The van der Waals surface area contributed by atoms with Crippen LogP contribution in [0.4, 0.5) is 4.79 Å². The van der Waals surface area contributed by atoms with Gasteiger partial charge in [-0.15, -0.1) is 0 Å². The van der Waals surface area contributed by atoms with Crippen LogP contribution in [0.25, 0.3) is 11.1 Å². The van der Waals surface area contributed by atoms with Crippen LogP contribution in [0, 0.1) is 0 Å². The van der Waals surface area contributed by atoms with Crippen LogP contribution in [-0.2, 0) is 20.8 Å². The molecular formula is C16H16N2O6. The van der Waals surface area contributed by atoms with E-state index >= 15 is 0 Å². The van der Waals surface area contributed by atoms with E-state index in [0.717, 1.165) is 0 Å². The van der Waals surface area contributed by atoms with E-state index in [1.807, 2.05) is 0 Å². The number of fused-ring (bicyclic) bond motifs is 1. The van der Waals surface area contributed by atoms with Crippen molar-refractivity contribution in [3.05, 3.63) is 34.8 Å². The summed E-state index contributed by atoms with van der Waals surface area (Å²) in [6.45, 7) is 1.08. The van der Waals surface area contributed by atoms with Crippen molar-refractivity contribution in [1.29, 1.82) is 0 Å². The van der Waals surface area contributed by atoms with E-state index in [4.69, 9.17) is 13.9 Å². The monoisotopic (exact) mass is 332 g/mol. The van der Waals surface area contributed by atoms with E-state index in [1.165, 1.54) is 4.57 Å². The molecule has 0 radical (unpaired) electrons. The summed E-state index contributed by atoms with van der Waals surface area (Å²) in [4.78, 5) is 37.3. The van der Waals surface area contributed by atoms with Gasteiger partial charge in [-0.25, -0.2) is 9.59 Å². The summed E-state index contributed by atoms with van der Waals surface area (Å²) in [5.74, 6) is -0.708. The maximum atomic E-state index is 12.5. The number of cyclic esters (lactones) is 1. The average Bonchev–Trinajstić information content (AvgIpc) is 3.09. The Labute approximate surface area is 136 Å².